The monoisotopic (exact) mass is 240 g/mol. The van der Waals surface area contributed by atoms with Crippen LogP contribution in [0, 0.1) is 0 Å². The van der Waals surface area contributed by atoms with Gasteiger partial charge in [0, 0.05) is 18.0 Å². The molecule has 5 heteroatoms. The van der Waals surface area contributed by atoms with Gasteiger partial charge in [0.1, 0.15) is 21.1 Å². The first kappa shape index (κ1) is 11.0. The predicted molar refractivity (Wildman–Crippen MR) is 73.1 cm³/mol. The lowest BCUT2D eigenvalue weighted by molar-refractivity contribution is 0.171. The Bertz CT molecular complexity index is 575. The molecule has 0 saturated heterocycles. The van der Waals surface area contributed by atoms with Crippen molar-refractivity contribution in [1.29, 1.82) is 0 Å². The fraction of sp³-hybridized carbons (Fsp3) is 0.154. The Morgan fingerprint density at radius 2 is 1.83 bits per heavy atom. The number of pyridine rings is 1. The molecule has 4 nitrogen and oxygen atoms in total. The summed E-state index contributed by atoms with van der Waals surface area (Å²) >= 11 is 0. The second-order valence-electron chi connectivity index (χ2n) is 4.23. The molecule has 0 aliphatic carbocycles. The fourth-order valence-electron chi connectivity index (χ4n) is 1.91. The van der Waals surface area contributed by atoms with Crippen LogP contribution in [-0.4, -0.2) is 26.0 Å². The Hall–Kier alpha value is -2.17. The zero-order chi connectivity index (χ0) is 12.4. The molecule has 3 rings (SSSR count). The highest BCUT2D eigenvalue weighted by atomic mass is 16.6. The van der Waals surface area contributed by atoms with Crippen LogP contribution < -0.4 is 20.3 Å². The minimum absolute atomic E-state index is 0.600. The van der Waals surface area contributed by atoms with Crippen LogP contribution in [0.15, 0.2) is 36.7 Å². The molecule has 2 aromatic rings. The average Bonchev–Trinajstić information content (AvgIpc) is 2.39. The van der Waals surface area contributed by atoms with Crippen molar-refractivity contribution >= 4 is 24.7 Å². The number of hydrogen-bond acceptors (Lipinski definition) is 4. The van der Waals surface area contributed by atoms with Crippen LogP contribution in [0.25, 0.3) is 0 Å². The number of hydrogen-bond donors (Lipinski definition) is 1. The van der Waals surface area contributed by atoms with Crippen molar-refractivity contribution in [3.63, 3.8) is 0 Å². The van der Waals surface area contributed by atoms with Crippen molar-refractivity contribution in [1.82, 2.24) is 4.98 Å². The number of nitrogens with zero attached hydrogens (tertiary/aromatic N) is 1. The summed E-state index contributed by atoms with van der Waals surface area (Å²) in [6.45, 7) is 1.21. The number of rotatable bonds is 2. The van der Waals surface area contributed by atoms with E-state index >= 15 is 0 Å². The van der Waals surface area contributed by atoms with Crippen LogP contribution in [0.5, 0.6) is 11.5 Å². The summed E-state index contributed by atoms with van der Waals surface area (Å²) in [6.07, 6.45) is 3.62. The number of fused-ring (bicyclic) bond motifs is 1. The number of benzene rings is 1. The van der Waals surface area contributed by atoms with Gasteiger partial charge in [-0.25, -0.2) is 0 Å². The molecular formula is C13H13BN2O2. The van der Waals surface area contributed by atoms with E-state index in [0.29, 0.717) is 13.2 Å². The van der Waals surface area contributed by atoms with E-state index in [9.17, 15) is 0 Å². The standard InChI is InChI=1S/C13H13BN2O2/c14-9-5-11(8-15-7-9)16-10-1-2-12-13(6-10)18-4-3-17-12/h1-2,5-8,16H,3-4,14H2. The van der Waals surface area contributed by atoms with Gasteiger partial charge in [-0.05, 0) is 18.2 Å². The summed E-state index contributed by atoms with van der Waals surface area (Å²) in [5, 5.41) is 3.30. The van der Waals surface area contributed by atoms with E-state index in [1.54, 1.807) is 6.20 Å². The SMILES string of the molecule is Bc1cncc(Nc2ccc3c(c2)OCCO3)c1. The van der Waals surface area contributed by atoms with E-state index in [1.807, 2.05) is 38.3 Å². The predicted octanol–water partition coefficient (Wildman–Crippen LogP) is 0.855. The molecule has 0 amide bonds. The van der Waals surface area contributed by atoms with Gasteiger partial charge in [0.25, 0.3) is 0 Å². The van der Waals surface area contributed by atoms with Crippen molar-refractivity contribution in [2.24, 2.45) is 0 Å². The molecule has 90 valence electrons. The number of anilines is 2. The van der Waals surface area contributed by atoms with Crippen LogP contribution in [0.4, 0.5) is 11.4 Å². The molecule has 0 radical (unpaired) electrons. The van der Waals surface area contributed by atoms with Gasteiger partial charge in [-0.15, -0.1) is 0 Å². The van der Waals surface area contributed by atoms with Crippen LogP contribution in [0.1, 0.15) is 0 Å². The maximum Gasteiger partial charge on any atom is 0.163 e. The van der Waals surface area contributed by atoms with E-state index in [1.165, 1.54) is 0 Å². The van der Waals surface area contributed by atoms with Gasteiger partial charge in [-0.1, -0.05) is 5.46 Å². The normalized spacial score (nSPS) is 13.1. The molecule has 0 unspecified atom stereocenters. The molecular weight excluding hydrogens is 227 g/mol. The van der Waals surface area contributed by atoms with E-state index in [4.69, 9.17) is 9.47 Å². The number of nitrogens with one attached hydrogen (secondary N) is 1. The fourth-order valence-corrected chi connectivity index (χ4v) is 1.91. The molecule has 1 aliphatic rings. The molecule has 0 spiro atoms. The lowest BCUT2D eigenvalue weighted by Gasteiger charge is -2.19. The molecule has 1 aromatic carbocycles. The van der Waals surface area contributed by atoms with E-state index in [2.05, 4.69) is 10.3 Å². The second kappa shape index (κ2) is 4.60. The molecule has 1 N–H and O–H groups in total. The van der Waals surface area contributed by atoms with Crippen LogP contribution in [0.3, 0.4) is 0 Å². The van der Waals surface area contributed by atoms with E-state index < -0.39 is 0 Å². The third-order valence-corrected chi connectivity index (χ3v) is 2.71. The Labute approximate surface area is 106 Å². The third-order valence-electron chi connectivity index (χ3n) is 2.71. The second-order valence-corrected chi connectivity index (χ2v) is 4.23. The van der Waals surface area contributed by atoms with Crippen LogP contribution in [-0.2, 0) is 0 Å². The number of ether oxygens (including phenoxy) is 2. The van der Waals surface area contributed by atoms with Gasteiger partial charge in [0.05, 0.1) is 11.9 Å². The van der Waals surface area contributed by atoms with Gasteiger partial charge in [0.15, 0.2) is 11.5 Å². The van der Waals surface area contributed by atoms with Crippen LogP contribution in [0.2, 0.25) is 0 Å². The summed E-state index contributed by atoms with van der Waals surface area (Å²) < 4.78 is 11.0. The minimum atomic E-state index is 0.600. The molecule has 0 atom stereocenters. The Balaban J connectivity index is 1.85. The van der Waals surface area contributed by atoms with Crippen molar-refractivity contribution in [3.8, 4) is 11.5 Å². The van der Waals surface area contributed by atoms with Gasteiger partial charge >= 0.3 is 0 Å². The first-order chi connectivity index (χ1) is 8.81. The molecule has 18 heavy (non-hydrogen) atoms. The molecule has 0 saturated carbocycles. The highest BCUT2D eigenvalue weighted by Gasteiger charge is 2.11. The highest BCUT2D eigenvalue weighted by Crippen LogP contribution is 2.33. The Morgan fingerprint density at radius 3 is 2.67 bits per heavy atom. The Morgan fingerprint density at radius 1 is 1.00 bits per heavy atom. The van der Waals surface area contributed by atoms with E-state index in [0.717, 1.165) is 28.3 Å². The Kier molecular flexibility index (Phi) is 2.80. The van der Waals surface area contributed by atoms with Gasteiger partial charge < -0.3 is 14.8 Å². The molecule has 1 aliphatic heterocycles. The van der Waals surface area contributed by atoms with Crippen molar-refractivity contribution in [2.75, 3.05) is 18.5 Å². The van der Waals surface area contributed by atoms with Gasteiger partial charge in [-0.3, -0.25) is 4.98 Å². The highest BCUT2D eigenvalue weighted by molar-refractivity contribution is 6.32. The molecule has 2 heterocycles. The quantitative estimate of drug-likeness (QED) is 0.790. The molecule has 0 fully saturated rings. The lowest BCUT2D eigenvalue weighted by atomic mass is 9.99. The summed E-state index contributed by atoms with van der Waals surface area (Å²) in [5.74, 6) is 1.58. The van der Waals surface area contributed by atoms with Gasteiger partial charge in [0.2, 0.25) is 0 Å². The summed E-state index contributed by atoms with van der Waals surface area (Å²) in [7, 11) is 2.02. The maximum absolute atomic E-state index is 5.54. The number of aromatic nitrogens is 1. The average molecular weight is 240 g/mol. The zero-order valence-electron chi connectivity index (χ0n) is 10.1. The van der Waals surface area contributed by atoms with Crippen molar-refractivity contribution in [2.45, 2.75) is 0 Å². The molecule has 1 aromatic heterocycles. The summed E-state index contributed by atoms with van der Waals surface area (Å²) in [6, 6.07) is 7.87. The van der Waals surface area contributed by atoms with Crippen molar-refractivity contribution < 1.29 is 9.47 Å². The molecule has 0 bridgehead atoms. The lowest BCUT2D eigenvalue weighted by Crippen LogP contribution is -2.15. The van der Waals surface area contributed by atoms with Crippen LogP contribution >= 0.6 is 0 Å². The minimum Gasteiger partial charge on any atom is -0.486 e. The summed E-state index contributed by atoms with van der Waals surface area (Å²) in [5.41, 5.74) is 3.05. The first-order valence-electron chi connectivity index (χ1n) is 5.89. The smallest absolute Gasteiger partial charge is 0.163 e. The van der Waals surface area contributed by atoms with E-state index in [-0.39, 0.29) is 0 Å². The topological polar surface area (TPSA) is 43.4 Å². The maximum atomic E-state index is 5.54. The first-order valence-corrected chi connectivity index (χ1v) is 5.89. The summed E-state index contributed by atoms with van der Waals surface area (Å²) in [4.78, 5) is 4.15. The largest absolute Gasteiger partial charge is 0.486 e. The van der Waals surface area contributed by atoms with Gasteiger partial charge in [-0.2, -0.15) is 0 Å². The van der Waals surface area contributed by atoms with Crippen molar-refractivity contribution in [3.05, 3.63) is 36.7 Å². The third kappa shape index (κ3) is 2.25. The zero-order valence-corrected chi connectivity index (χ0v) is 10.1.